The molecule has 3 aromatic rings. The fourth-order valence-corrected chi connectivity index (χ4v) is 2.87. The van der Waals surface area contributed by atoms with E-state index in [0.717, 1.165) is 0 Å². The minimum Gasteiger partial charge on any atom is -0.457 e. The van der Waals surface area contributed by atoms with Crippen molar-refractivity contribution in [1.82, 2.24) is 16.2 Å². The Morgan fingerprint density at radius 2 is 1.45 bits per heavy atom. The second kappa shape index (κ2) is 10.4. The molecule has 0 radical (unpaired) electrons. The van der Waals surface area contributed by atoms with Gasteiger partial charge in [0.2, 0.25) is 5.91 Å². The van der Waals surface area contributed by atoms with Gasteiger partial charge in [0.05, 0.1) is 12.5 Å². The lowest BCUT2D eigenvalue weighted by Gasteiger charge is -2.19. The van der Waals surface area contributed by atoms with Gasteiger partial charge >= 0.3 is 6.03 Å². The Balaban J connectivity index is 1.65. The summed E-state index contributed by atoms with van der Waals surface area (Å²) in [5, 5.41) is 2.55. The van der Waals surface area contributed by atoms with Crippen molar-refractivity contribution in [3.63, 3.8) is 0 Å². The summed E-state index contributed by atoms with van der Waals surface area (Å²) in [6, 6.07) is 23.1. The van der Waals surface area contributed by atoms with Crippen LogP contribution in [0, 0.1) is 0 Å². The lowest BCUT2D eigenvalue weighted by molar-refractivity contribution is -0.122. The van der Waals surface area contributed by atoms with Gasteiger partial charge in [-0.05, 0) is 42.0 Å². The summed E-state index contributed by atoms with van der Waals surface area (Å²) in [5.74, 6) is 0.238. The lowest BCUT2D eigenvalue weighted by atomic mass is 10.0. The number of benzene rings is 3. The molecule has 5 N–H and O–H groups in total. The summed E-state index contributed by atoms with van der Waals surface area (Å²) < 4.78 is 5.81. The highest BCUT2D eigenvalue weighted by Crippen LogP contribution is 2.25. The first-order valence-electron chi connectivity index (χ1n) is 9.54. The average Bonchev–Trinajstić information content (AvgIpc) is 2.78. The first kappa shape index (κ1) is 21.4. The van der Waals surface area contributed by atoms with Gasteiger partial charge in [-0.3, -0.25) is 20.4 Å². The second-order valence-electron chi connectivity index (χ2n) is 6.62. The average molecular weight is 418 g/mol. The van der Waals surface area contributed by atoms with Crippen molar-refractivity contribution in [1.29, 1.82) is 0 Å². The quantitative estimate of drug-likeness (QED) is 0.441. The molecule has 0 fully saturated rings. The first-order chi connectivity index (χ1) is 15.0. The van der Waals surface area contributed by atoms with E-state index in [4.69, 9.17) is 10.5 Å². The van der Waals surface area contributed by atoms with Crippen molar-refractivity contribution in [3.05, 3.63) is 96.1 Å². The van der Waals surface area contributed by atoms with Crippen LogP contribution in [-0.4, -0.2) is 17.8 Å². The fourth-order valence-electron chi connectivity index (χ4n) is 2.87. The number of amides is 4. The molecule has 8 heteroatoms. The number of ether oxygens (including phenoxy) is 1. The smallest absolute Gasteiger partial charge is 0.312 e. The van der Waals surface area contributed by atoms with Gasteiger partial charge in [0, 0.05) is 5.56 Å². The van der Waals surface area contributed by atoms with Gasteiger partial charge in [-0.15, -0.1) is 0 Å². The molecule has 1 atom stereocenters. The lowest BCUT2D eigenvalue weighted by Crippen LogP contribution is -2.44. The number of nitrogens with one attached hydrogen (secondary N) is 3. The Hall–Kier alpha value is -4.33. The summed E-state index contributed by atoms with van der Waals surface area (Å²) >= 11 is 0. The van der Waals surface area contributed by atoms with Crippen molar-refractivity contribution in [2.24, 2.45) is 5.73 Å². The molecule has 0 aliphatic rings. The maximum Gasteiger partial charge on any atom is 0.312 e. The van der Waals surface area contributed by atoms with Gasteiger partial charge in [-0.2, -0.15) is 0 Å². The van der Waals surface area contributed by atoms with Gasteiger partial charge in [0.25, 0.3) is 5.91 Å². The monoisotopic (exact) mass is 418 g/mol. The molecule has 8 nitrogen and oxygen atoms in total. The van der Waals surface area contributed by atoms with E-state index in [1.807, 2.05) is 30.3 Å². The predicted molar refractivity (Wildman–Crippen MR) is 115 cm³/mol. The highest BCUT2D eigenvalue weighted by molar-refractivity contribution is 5.95. The standard InChI is InChI=1S/C23H22N4O4/c24-23(30)25-20(15-21(28)26-27-22(29)16-8-3-1-4-9-16)17-10-7-13-19(14-17)31-18-11-5-2-6-12-18/h1-14,20H,15H2,(H,26,28)(H,27,29)(H3,24,25,30)/t20-/m1/s1. The number of nitrogens with two attached hydrogens (primary N) is 1. The van der Waals surface area contributed by atoms with E-state index in [1.54, 1.807) is 54.6 Å². The van der Waals surface area contributed by atoms with Crippen molar-refractivity contribution in [2.45, 2.75) is 12.5 Å². The van der Waals surface area contributed by atoms with E-state index in [2.05, 4.69) is 16.2 Å². The molecule has 158 valence electrons. The predicted octanol–water partition coefficient (Wildman–Crippen LogP) is 3.04. The maximum absolute atomic E-state index is 12.4. The topological polar surface area (TPSA) is 123 Å². The van der Waals surface area contributed by atoms with E-state index in [9.17, 15) is 14.4 Å². The fraction of sp³-hybridized carbons (Fsp3) is 0.0870. The van der Waals surface area contributed by atoms with Crippen molar-refractivity contribution in [3.8, 4) is 11.5 Å². The molecule has 0 bridgehead atoms. The van der Waals surface area contributed by atoms with E-state index >= 15 is 0 Å². The van der Waals surface area contributed by atoms with E-state index < -0.39 is 23.9 Å². The number of carbonyl (C=O) groups is 3. The maximum atomic E-state index is 12.4. The SMILES string of the molecule is NC(=O)N[C@H](CC(=O)NNC(=O)c1ccccc1)c1cccc(Oc2ccccc2)c1. The number of para-hydroxylation sites is 1. The number of hydrogen-bond acceptors (Lipinski definition) is 4. The zero-order valence-corrected chi connectivity index (χ0v) is 16.6. The number of rotatable bonds is 7. The molecule has 0 aliphatic heterocycles. The van der Waals surface area contributed by atoms with Crippen molar-refractivity contribution in [2.75, 3.05) is 0 Å². The molecular formula is C23H22N4O4. The number of hydrogen-bond donors (Lipinski definition) is 4. The van der Waals surface area contributed by atoms with Crippen LogP contribution in [-0.2, 0) is 4.79 Å². The van der Waals surface area contributed by atoms with Gasteiger partial charge < -0.3 is 15.8 Å². The van der Waals surface area contributed by atoms with Crippen LogP contribution in [0.3, 0.4) is 0 Å². The number of carbonyl (C=O) groups excluding carboxylic acids is 3. The van der Waals surface area contributed by atoms with Crippen molar-refractivity contribution < 1.29 is 19.1 Å². The Kier molecular flexibility index (Phi) is 7.21. The highest BCUT2D eigenvalue weighted by atomic mass is 16.5. The largest absolute Gasteiger partial charge is 0.457 e. The van der Waals surface area contributed by atoms with Gasteiger partial charge in [-0.1, -0.05) is 48.5 Å². The van der Waals surface area contributed by atoms with Crippen LogP contribution in [0.1, 0.15) is 28.4 Å². The molecule has 0 heterocycles. The third-order valence-electron chi connectivity index (χ3n) is 4.30. The third kappa shape index (κ3) is 6.60. The molecule has 3 aromatic carbocycles. The summed E-state index contributed by atoms with van der Waals surface area (Å²) in [6.45, 7) is 0. The summed E-state index contributed by atoms with van der Waals surface area (Å²) in [4.78, 5) is 35.9. The minimum atomic E-state index is -0.777. The summed E-state index contributed by atoms with van der Waals surface area (Å²) in [7, 11) is 0. The summed E-state index contributed by atoms with van der Waals surface area (Å²) in [5.41, 5.74) is 11.0. The molecule has 0 aliphatic carbocycles. The molecule has 0 spiro atoms. The van der Waals surface area contributed by atoms with Crippen LogP contribution in [0.15, 0.2) is 84.9 Å². The van der Waals surface area contributed by atoms with Crippen LogP contribution >= 0.6 is 0 Å². The Morgan fingerprint density at radius 1 is 0.806 bits per heavy atom. The number of hydrazine groups is 1. The van der Waals surface area contributed by atoms with Crippen LogP contribution in [0.5, 0.6) is 11.5 Å². The molecule has 0 aromatic heterocycles. The first-order valence-corrected chi connectivity index (χ1v) is 9.54. The van der Waals surface area contributed by atoms with E-state index in [1.165, 1.54) is 0 Å². The Morgan fingerprint density at radius 3 is 2.13 bits per heavy atom. The normalized spacial score (nSPS) is 11.1. The minimum absolute atomic E-state index is 0.146. The zero-order valence-electron chi connectivity index (χ0n) is 16.6. The van der Waals surface area contributed by atoms with Crippen LogP contribution < -0.4 is 26.6 Å². The number of primary amides is 1. The third-order valence-corrected chi connectivity index (χ3v) is 4.30. The molecule has 0 saturated heterocycles. The van der Waals surface area contributed by atoms with Gasteiger partial charge in [-0.25, -0.2) is 4.79 Å². The van der Waals surface area contributed by atoms with E-state index in [-0.39, 0.29) is 6.42 Å². The summed E-state index contributed by atoms with van der Waals surface area (Å²) in [6.07, 6.45) is -0.146. The van der Waals surface area contributed by atoms with Gasteiger partial charge in [0.1, 0.15) is 11.5 Å². The van der Waals surface area contributed by atoms with Crippen LogP contribution in [0.4, 0.5) is 4.79 Å². The van der Waals surface area contributed by atoms with Crippen LogP contribution in [0.25, 0.3) is 0 Å². The van der Waals surface area contributed by atoms with Crippen LogP contribution in [0.2, 0.25) is 0 Å². The molecule has 0 unspecified atom stereocenters. The van der Waals surface area contributed by atoms with Crippen molar-refractivity contribution >= 4 is 17.8 Å². The van der Waals surface area contributed by atoms with E-state index in [0.29, 0.717) is 22.6 Å². The Bertz CT molecular complexity index is 1040. The second-order valence-corrected chi connectivity index (χ2v) is 6.62. The molecule has 3 rings (SSSR count). The Labute approximate surface area is 179 Å². The molecular weight excluding hydrogens is 396 g/mol. The van der Waals surface area contributed by atoms with Gasteiger partial charge in [0.15, 0.2) is 0 Å². The molecule has 4 amide bonds. The molecule has 0 saturated carbocycles. The highest BCUT2D eigenvalue weighted by Gasteiger charge is 2.19. The number of urea groups is 1. The molecule has 31 heavy (non-hydrogen) atoms. The zero-order chi connectivity index (χ0) is 22.1.